The van der Waals surface area contributed by atoms with Gasteiger partial charge in [-0.1, -0.05) is 6.07 Å². The molecule has 0 radical (unpaired) electrons. The molecular formula is C28H37BrFN9O3S. The SMILES string of the molecule is CNCCCN1CCN(CCCNS(=O)(=O)c2ccc(Nc3ncc(Br)c(Nc4cccc(F)c4C(N)=O)n3)cc2)CC1. The molecular weight excluding hydrogens is 641 g/mol. The van der Waals surface area contributed by atoms with Crippen molar-refractivity contribution in [2.75, 3.05) is 70.0 Å². The number of nitrogens with zero attached hydrogens (tertiary/aromatic N) is 4. The minimum absolute atomic E-state index is 0.150. The van der Waals surface area contributed by atoms with Crippen LogP contribution in [0.4, 0.5) is 27.5 Å². The molecule has 3 aromatic rings. The van der Waals surface area contributed by atoms with Crippen LogP contribution in [-0.2, 0) is 10.0 Å². The number of hydrogen-bond donors (Lipinski definition) is 5. The van der Waals surface area contributed by atoms with E-state index in [1.54, 1.807) is 12.1 Å². The van der Waals surface area contributed by atoms with Gasteiger partial charge in [-0.3, -0.25) is 4.79 Å². The van der Waals surface area contributed by atoms with E-state index in [1.807, 2.05) is 7.05 Å². The van der Waals surface area contributed by atoms with Gasteiger partial charge in [0.25, 0.3) is 5.91 Å². The summed E-state index contributed by atoms with van der Waals surface area (Å²) in [7, 11) is -1.69. The van der Waals surface area contributed by atoms with Crippen LogP contribution in [0, 0.1) is 5.82 Å². The van der Waals surface area contributed by atoms with Crippen LogP contribution in [0.15, 0.2) is 58.0 Å². The number of nitrogens with two attached hydrogens (primary N) is 1. The summed E-state index contributed by atoms with van der Waals surface area (Å²) in [6, 6.07) is 10.3. The lowest BCUT2D eigenvalue weighted by molar-refractivity contribution is 0.0997. The van der Waals surface area contributed by atoms with Gasteiger partial charge in [-0.05, 0) is 91.9 Å². The maximum atomic E-state index is 14.2. The number of nitrogens with one attached hydrogen (secondary N) is 4. The second kappa shape index (κ2) is 15.5. The second-order valence-corrected chi connectivity index (χ2v) is 12.7. The van der Waals surface area contributed by atoms with Crippen molar-refractivity contribution >= 4 is 55.0 Å². The summed E-state index contributed by atoms with van der Waals surface area (Å²) in [5.41, 5.74) is 5.76. The van der Waals surface area contributed by atoms with Crippen LogP contribution in [0.1, 0.15) is 23.2 Å². The summed E-state index contributed by atoms with van der Waals surface area (Å²) in [4.78, 5) is 25.3. The number of hydrogen-bond acceptors (Lipinski definition) is 10. The molecule has 12 nitrogen and oxygen atoms in total. The fraction of sp³-hybridized carbons (Fsp3) is 0.393. The minimum Gasteiger partial charge on any atom is -0.365 e. The number of piperazine rings is 1. The Morgan fingerprint density at radius 1 is 1.00 bits per heavy atom. The summed E-state index contributed by atoms with van der Waals surface area (Å²) in [5.74, 6) is -1.22. The summed E-state index contributed by atoms with van der Waals surface area (Å²) in [6.45, 7) is 7.42. The van der Waals surface area contributed by atoms with Crippen LogP contribution in [-0.4, -0.2) is 93.5 Å². The van der Waals surface area contributed by atoms with Gasteiger partial charge >= 0.3 is 0 Å². The zero-order chi connectivity index (χ0) is 30.8. The Morgan fingerprint density at radius 2 is 1.65 bits per heavy atom. The lowest BCUT2D eigenvalue weighted by atomic mass is 10.1. The molecule has 0 aliphatic carbocycles. The standard InChI is InChI=1S/C28H37BrFN9O3S/c1-32-11-3-13-38-15-17-39(18-16-38)14-4-12-34-43(41,42)21-9-7-20(8-10-21)35-28-33-19-22(29)27(37-28)36-24-6-2-5-23(30)25(24)26(31)40/h2,5-10,19,32,34H,3-4,11-18H2,1H3,(H2,31,40)(H2,33,35,36,37). The predicted molar refractivity (Wildman–Crippen MR) is 169 cm³/mol. The van der Waals surface area contributed by atoms with Crippen molar-refractivity contribution in [1.82, 2.24) is 29.8 Å². The Balaban J connectivity index is 1.28. The summed E-state index contributed by atoms with van der Waals surface area (Å²) < 4.78 is 43.0. The van der Waals surface area contributed by atoms with Gasteiger partial charge in [0, 0.05) is 44.6 Å². The molecule has 232 valence electrons. The fourth-order valence-corrected chi connectivity index (χ4v) is 6.04. The zero-order valence-corrected chi connectivity index (χ0v) is 26.3. The molecule has 0 unspecified atom stereocenters. The molecule has 0 saturated carbocycles. The third-order valence-corrected chi connectivity index (χ3v) is 9.04. The lowest BCUT2D eigenvalue weighted by Crippen LogP contribution is -2.47. The Bertz CT molecular complexity index is 1490. The molecule has 6 N–H and O–H groups in total. The number of amides is 1. The number of rotatable bonds is 15. The first-order valence-electron chi connectivity index (χ1n) is 14.0. The number of primary amides is 1. The summed E-state index contributed by atoms with van der Waals surface area (Å²) in [6.07, 6.45) is 3.35. The highest BCUT2D eigenvalue weighted by atomic mass is 79.9. The molecule has 1 fully saturated rings. The van der Waals surface area contributed by atoms with Crippen molar-refractivity contribution in [1.29, 1.82) is 0 Å². The van der Waals surface area contributed by atoms with Crippen LogP contribution < -0.4 is 26.4 Å². The van der Waals surface area contributed by atoms with Crippen molar-refractivity contribution in [2.24, 2.45) is 5.73 Å². The molecule has 0 atom stereocenters. The molecule has 1 aromatic heterocycles. The van der Waals surface area contributed by atoms with Crippen molar-refractivity contribution in [3.63, 3.8) is 0 Å². The smallest absolute Gasteiger partial charge is 0.253 e. The van der Waals surface area contributed by atoms with Gasteiger partial charge in [0.15, 0.2) is 0 Å². The van der Waals surface area contributed by atoms with Gasteiger partial charge < -0.3 is 31.5 Å². The molecule has 15 heteroatoms. The molecule has 1 amide bonds. The van der Waals surface area contributed by atoms with Crippen molar-refractivity contribution < 1.29 is 17.6 Å². The quantitative estimate of drug-likeness (QED) is 0.152. The van der Waals surface area contributed by atoms with Gasteiger partial charge in [0.05, 0.1) is 20.6 Å². The normalized spacial score (nSPS) is 14.5. The number of sulfonamides is 1. The summed E-state index contributed by atoms with van der Waals surface area (Å²) in [5, 5.41) is 9.09. The monoisotopic (exact) mass is 677 g/mol. The molecule has 4 rings (SSSR count). The molecule has 1 aliphatic heterocycles. The van der Waals surface area contributed by atoms with Gasteiger partial charge in [0.1, 0.15) is 11.6 Å². The van der Waals surface area contributed by atoms with Gasteiger partial charge in [0.2, 0.25) is 16.0 Å². The average molecular weight is 679 g/mol. The van der Waals surface area contributed by atoms with Crippen LogP contribution in [0.2, 0.25) is 0 Å². The van der Waals surface area contributed by atoms with E-state index in [2.05, 4.69) is 56.4 Å². The van der Waals surface area contributed by atoms with Crippen molar-refractivity contribution in [3.05, 3.63) is 64.5 Å². The molecule has 0 bridgehead atoms. The highest BCUT2D eigenvalue weighted by molar-refractivity contribution is 9.10. The van der Waals surface area contributed by atoms with E-state index >= 15 is 0 Å². The van der Waals surface area contributed by atoms with E-state index in [1.165, 1.54) is 30.5 Å². The molecule has 2 aromatic carbocycles. The molecule has 0 spiro atoms. The number of halogens is 2. The van der Waals surface area contributed by atoms with Crippen LogP contribution in [0.25, 0.3) is 0 Å². The van der Waals surface area contributed by atoms with Gasteiger partial charge in [-0.15, -0.1) is 0 Å². The van der Waals surface area contributed by atoms with Crippen LogP contribution in [0.3, 0.4) is 0 Å². The first-order chi connectivity index (χ1) is 20.7. The zero-order valence-electron chi connectivity index (χ0n) is 23.9. The Kier molecular flexibility index (Phi) is 11.8. The molecule has 1 saturated heterocycles. The van der Waals surface area contributed by atoms with E-state index in [0.29, 0.717) is 16.7 Å². The highest BCUT2D eigenvalue weighted by Gasteiger charge is 2.18. The van der Waals surface area contributed by atoms with Crippen LogP contribution >= 0.6 is 15.9 Å². The second-order valence-electron chi connectivity index (χ2n) is 10.1. The number of carbonyl (C=O) groups excluding carboxylic acids is 1. The van der Waals surface area contributed by atoms with Gasteiger partial charge in [-0.25, -0.2) is 22.5 Å². The van der Waals surface area contributed by atoms with Crippen molar-refractivity contribution in [3.8, 4) is 0 Å². The first kappa shape index (κ1) is 32.7. The number of benzene rings is 2. The molecule has 2 heterocycles. The van der Waals surface area contributed by atoms with Crippen LogP contribution in [0.5, 0.6) is 0 Å². The first-order valence-corrected chi connectivity index (χ1v) is 16.3. The topological polar surface area (TPSA) is 158 Å². The lowest BCUT2D eigenvalue weighted by Gasteiger charge is -2.34. The summed E-state index contributed by atoms with van der Waals surface area (Å²) >= 11 is 3.34. The number of anilines is 4. The average Bonchev–Trinajstić information content (AvgIpc) is 2.98. The Morgan fingerprint density at radius 3 is 2.28 bits per heavy atom. The third kappa shape index (κ3) is 9.39. The maximum Gasteiger partial charge on any atom is 0.253 e. The van der Waals surface area contributed by atoms with E-state index in [-0.39, 0.29) is 27.9 Å². The Hall–Kier alpha value is -3.21. The maximum absolute atomic E-state index is 14.2. The molecule has 1 aliphatic rings. The molecule has 43 heavy (non-hydrogen) atoms. The number of carbonyl (C=O) groups is 1. The number of aromatic nitrogens is 2. The van der Waals surface area contributed by atoms with Gasteiger partial charge in [-0.2, -0.15) is 4.98 Å². The van der Waals surface area contributed by atoms with E-state index < -0.39 is 21.7 Å². The third-order valence-electron chi connectivity index (χ3n) is 6.99. The predicted octanol–water partition coefficient (Wildman–Crippen LogP) is 2.86. The fourth-order valence-electron chi connectivity index (χ4n) is 4.68. The van der Waals surface area contributed by atoms with Crippen molar-refractivity contribution in [2.45, 2.75) is 17.7 Å². The van der Waals surface area contributed by atoms with E-state index in [0.717, 1.165) is 64.7 Å². The Labute approximate surface area is 259 Å². The van der Waals surface area contributed by atoms with E-state index in [9.17, 15) is 17.6 Å². The minimum atomic E-state index is -3.66. The highest BCUT2D eigenvalue weighted by Crippen LogP contribution is 2.28. The van der Waals surface area contributed by atoms with E-state index in [4.69, 9.17) is 5.73 Å². The largest absolute Gasteiger partial charge is 0.365 e.